The quantitative estimate of drug-likeness (QED) is 0.470. The number of benzene rings is 1. The van der Waals surface area contributed by atoms with Gasteiger partial charge in [0.2, 0.25) is 17.7 Å². The van der Waals surface area contributed by atoms with Crippen LogP contribution in [0.5, 0.6) is 5.88 Å². The zero-order chi connectivity index (χ0) is 23.9. The van der Waals surface area contributed by atoms with Crippen molar-refractivity contribution in [3.05, 3.63) is 30.5 Å². The molecular weight excluding hydrogens is 432 g/mol. The van der Waals surface area contributed by atoms with E-state index in [0.717, 1.165) is 61.1 Å². The van der Waals surface area contributed by atoms with Crippen LogP contribution in [-0.2, 0) is 4.79 Å². The monoisotopic (exact) mass is 462 g/mol. The highest BCUT2D eigenvalue weighted by Gasteiger charge is 2.46. The fraction of sp³-hybridized carbons (Fsp3) is 0.458. The van der Waals surface area contributed by atoms with Crippen LogP contribution in [0.15, 0.2) is 35.6 Å². The number of carbonyl (C=O) groups is 1. The van der Waals surface area contributed by atoms with Crippen LogP contribution in [0.25, 0.3) is 16.6 Å². The molecular formula is C24H30N8O2. The number of fused-ring (bicyclic) bond motifs is 1. The van der Waals surface area contributed by atoms with Crippen molar-refractivity contribution < 1.29 is 9.53 Å². The number of likely N-dealkylation sites (tertiary alicyclic amines) is 1. The first kappa shape index (κ1) is 22.1. The Kier molecular flexibility index (Phi) is 5.59. The average Bonchev–Trinajstić information content (AvgIpc) is 3.26. The summed E-state index contributed by atoms with van der Waals surface area (Å²) < 4.78 is 7.46. The van der Waals surface area contributed by atoms with E-state index in [4.69, 9.17) is 15.4 Å². The van der Waals surface area contributed by atoms with Gasteiger partial charge in [-0.1, -0.05) is 6.07 Å². The fourth-order valence-electron chi connectivity index (χ4n) is 5.29. The van der Waals surface area contributed by atoms with Crippen molar-refractivity contribution in [2.75, 3.05) is 37.9 Å². The maximum absolute atomic E-state index is 11.5. The molecule has 10 nitrogen and oxygen atoms in total. The van der Waals surface area contributed by atoms with Gasteiger partial charge in [-0.15, -0.1) is 5.10 Å². The Morgan fingerprint density at radius 1 is 1.26 bits per heavy atom. The van der Waals surface area contributed by atoms with Crippen molar-refractivity contribution in [2.24, 2.45) is 10.5 Å². The summed E-state index contributed by atoms with van der Waals surface area (Å²) in [7, 11) is 3.43. The summed E-state index contributed by atoms with van der Waals surface area (Å²) in [6, 6.07) is 7.99. The normalized spacial score (nSPS) is 17.4. The maximum atomic E-state index is 11.5. The van der Waals surface area contributed by atoms with Gasteiger partial charge in [0.05, 0.1) is 12.8 Å². The Morgan fingerprint density at radius 2 is 2.03 bits per heavy atom. The predicted octanol–water partition coefficient (Wildman–Crippen LogP) is 4.31. The number of hydrogen-bond acceptors (Lipinski definition) is 8. The molecule has 2 aromatic heterocycles. The second kappa shape index (κ2) is 8.58. The molecule has 1 aliphatic carbocycles. The summed E-state index contributed by atoms with van der Waals surface area (Å²) in [6.07, 6.45) is 6.19. The smallest absolute Gasteiger partial charge is 0.244 e. The van der Waals surface area contributed by atoms with Crippen LogP contribution in [0, 0.1) is 10.9 Å². The summed E-state index contributed by atoms with van der Waals surface area (Å²) in [5, 5.41) is 14.9. The molecule has 1 amide bonds. The van der Waals surface area contributed by atoms with Gasteiger partial charge in [0.1, 0.15) is 11.2 Å². The topological polar surface area (TPSA) is 120 Å². The molecule has 1 spiro atoms. The molecule has 2 fully saturated rings. The SMILES string of the molecule is CNc1cc(-c2ccn3nc(NC4CCC5(CC4)CN(C(C)=O)C5)nc(OC)c23)ccc1N=N. The number of methoxy groups -OCH3 is 1. The number of hydrogen-bond donors (Lipinski definition) is 3. The summed E-state index contributed by atoms with van der Waals surface area (Å²) >= 11 is 0. The molecule has 1 saturated carbocycles. The average molecular weight is 463 g/mol. The number of rotatable bonds is 6. The largest absolute Gasteiger partial charge is 0.479 e. The Balaban J connectivity index is 1.35. The number of carbonyl (C=O) groups excluding carboxylic acids is 1. The Bertz CT molecular complexity index is 1240. The third-order valence-electron chi connectivity index (χ3n) is 7.25. The third-order valence-corrected chi connectivity index (χ3v) is 7.25. The number of anilines is 2. The van der Waals surface area contributed by atoms with Crippen LogP contribution < -0.4 is 15.4 Å². The summed E-state index contributed by atoms with van der Waals surface area (Å²) in [4.78, 5) is 18.2. The Morgan fingerprint density at radius 3 is 2.68 bits per heavy atom. The van der Waals surface area contributed by atoms with E-state index < -0.39 is 0 Å². The van der Waals surface area contributed by atoms with Gasteiger partial charge in [0.15, 0.2) is 0 Å². The maximum Gasteiger partial charge on any atom is 0.244 e. The molecule has 0 unspecified atom stereocenters. The molecule has 10 heteroatoms. The molecule has 178 valence electrons. The highest BCUT2D eigenvalue weighted by Crippen LogP contribution is 2.44. The van der Waals surface area contributed by atoms with Crippen molar-refractivity contribution in [2.45, 2.75) is 38.6 Å². The fourth-order valence-corrected chi connectivity index (χ4v) is 5.29. The summed E-state index contributed by atoms with van der Waals surface area (Å²) in [6.45, 7) is 3.43. The van der Waals surface area contributed by atoms with E-state index in [1.54, 1.807) is 18.5 Å². The lowest BCUT2D eigenvalue weighted by Gasteiger charge is -2.53. The molecule has 3 aromatic rings. The van der Waals surface area contributed by atoms with Gasteiger partial charge in [-0.3, -0.25) is 4.79 Å². The molecule has 3 heterocycles. The van der Waals surface area contributed by atoms with Crippen LogP contribution >= 0.6 is 0 Å². The molecule has 1 saturated heterocycles. The summed E-state index contributed by atoms with van der Waals surface area (Å²) in [5.41, 5.74) is 11.7. The highest BCUT2D eigenvalue weighted by molar-refractivity contribution is 5.87. The lowest BCUT2D eigenvalue weighted by molar-refractivity contribution is -0.143. The van der Waals surface area contributed by atoms with Gasteiger partial charge in [-0.2, -0.15) is 10.1 Å². The van der Waals surface area contributed by atoms with Gasteiger partial charge in [0.25, 0.3) is 0 Å². The van der Waals surface area contributed by atoms with E-state index >= 15 is 0 Å². The second-order valence-corrected chi connectivity index (χ2v) is 9.35. The van der Waals surface area contributed by atoms with Crippen LogP contribution in [0.4, 0.5) is 17.3 Å². The van der Waals surface area contributed by atoms with Gasteiger partial charge in [0, 0.05) is 50.3 Å². The van der Waals surface area contributed by atoms with Gasteiger partial charge < -0.3 is 20.3 Å². The Labute approximate surface area is 198 Å². The number of nitrogens with zero attached hydrogens (tertiary/aromatic N) is 5. The summed E-state index contributed by atoms with van der Waals surface area (Å²) in [5.74, 6) is 1.22. The van der Waals surface area contributed by atoms with Crippen LogP contribution in [0.1, 0.15) is 32.6 Å². The minimum atomic E-state index is 0.176. The number of nitrogens with one attached hydrogen (secondary N) is 3. The number of aromatic nitrogens is 3. The van der Waals surface area contributed by atoms with Crippen LogP contribution in [-0.4, -0.2) is 58.7 Å². The van der Waals surface area contributed by atoms with E-state index in [1.807, 2.05) is 42.4 Å². The van der Waals surface area contributed by atoms with E-state index in [1.165, 1.54) is 0 Å². The first-order chi connectivity index (χ1) is 16.4. The molecule has 5 rings (SSSR count). The van der Waals surface area contributed by atoms with Crippen molar-refractivity contribution in [3.63, 3.8) is 0 Å². The van der Waals surface area contributed by atoms with Crippen LogP contribution in [0.3, 0.4) is 0 Å². The van der Waals surface area contributed by atoms with Crippen molar-refractivity contribution in [1.29, 1.82) is 5.53 Å². The third kappa shape index (κ3) is 3.82. The van der Waals surface area contributed by atoms with E-state index in [-0.39, 0.29) is 5.91 Å². The first-order valence-electron chi connectivity index (χ1n) is 11.6. The molecule has 0 bridgehead atoms. The number of ether oxygens (including phenoxy) is 1. The van der Waals surface area contributed by atoms with Crippen molar-refractivity contribution >= 4 is 28.7 Å². The van der Waals surface area contributed by atoms with E-state index in [0.29, 0.717) is 29.0 Å². The lowest BCUT2D eigenvalue weighted by atomic mass is 9.67. The molecule has 1 aromatic carbocycles. The molecule has 0 atom stereocenters. The van der Waals surface area contributed by atoms with Crippen molar-refractivity contribution in [3.8, 4) is 17.0 Å². The van der Waals surface area contributed by atoms with Gasteiger partial charge in [-0.05, 0) is 49.4 Å². The minimum Gasteiger partial charge on any atom is -0.479 e. The molecule has 3 N–H and O–H groups in total. The predicted molar refractivity (Wildman–Crippen MR) is 130 cm³/mol. The van der Waals surface area contributed by atoms with Crippen molar-refractivity contribution in [1.82, 2.24) is 19.5 Å². The first-order valence-corrected chi connectivity index (χ1v) is 11.6. The van der Waals surface area contributed by atoms with E-state index in [9.17, 15) is 4.79 Å². The van der Waals surface area contributed by atoms with E-state index in [2.05, 4.69) is 20.7 Å². The van der Waals surface area contributed by atoms with Gasteiger partial charge >= 0.3 is 0 Å². The highest BCUT2D eigenvalue weighted by atomic mass is 16.5. The standard InChI is InChI=1S/C24H30N8O2/c1-15(33)31-13-24(14-31)9-6-17(7-10-24)27-23-28-22(34-3)21-18(8-11-32(21)30-23)16-4-5-19(29-25)20(12-16)26-2/h4-5,8,11-12,17,25-26H,6-7,9-10,13-14H2,1-3H3,(H,27,30). The molecule has 34 heavy (non-hydrogen) atoms. The number of amides is 1. The zero-order valence-electron chi connectivity index (χ0n) is 19.8. The molecule has 2 aliphatic rings. The van der Waals surface area contributed by atoms with Crippen LogP contribution in [0.2, 0.25) is 0 Å². The lowest BCUT2D eigenvalue weighted by Crippen LogP contribution is -2.59. The second-order valence-electron chi connectivity index (χ2n) is 9.35. The molecule has 0 radical (unpaired) electrons. The molecule has 1 aliphatic heterocycles. The van der Waals surface area contributed by atoms with Gasteiger partial charge in [-0.25, -0.2) is 10.0 Å². The minimum absolute atomic E-state index is 0.176. The zero-order valence-corrected chi connectivity index (χ0v) is 19.8. The Hall–Kier alpha value is -3.69.